The highest BCUT2D eigenvalue weighted by molar-refractivity contribution is 8.21. The molecule has 2 nitrogen and oxygen atoms in total. The Morgan fingerprint density at radius 1 is 1.30 bits per heavy atom. The van der Waals surface area contributed by atoms with E-state index >= 15 is 0 Å². The maximum atomic E-state index is 4.23. The first-order valence-corrected chi connectivity index (χ1v) is 10.5. The molecule has 0 bridgehead atoms. The van der Waals surface area contributed by atoms with E-state index in [1.807, 2.05) is 12.5 Å². The maximum absolute atomic E-state index is 4.23. The third-order valence-corrected chi connectivity index (χ3v) is 8.19. The minimum absolute atomic E-state index is 0.301. The zero-order valence-corrected chi connectivity index (χ0v) is 15.5. The van der Waals surface area contributed by atoms with Crippen molar-refractivity contribution < 1.29 is 0 Å². The minimum Gasteiger partial charge on any atom is -0.335 e. The third kappa shape index (κ3) is 4.80. The molecule has 0 radical (unpaired) electrons. The van der Waals surface area contributed by atoms with Gasteiger partial charge >= 0.3 is 0 Å². The van der Waals surface area contributed by atoms with E-state index < -0.39 is 0 Å². The molecule has 1 aliphatic heterocycles. The number of unbranched alkanes of at least 4 members (excludes halogenated alkanes) is 1. The van der Waals surface area contributed by atoms with Crippen molar-refractivity contribution in [1.29, 1.82) is 0 Å². The van der Waals surface area contributed by atoms with Crippen LogP contribution in [0.25, 0.3) is 0 Å². The molecule has 0 aliphatic carbocycles. The Morgan fingerprint density at radius 2 is 2.17 bits per heavy atom. The molecular weight excluding hydrogens is 320 g/mol. The number of imidazole rings is 1. The van der Waals surface area contributed by atoms with Crippen molar-refractivity contribution in [3.8, 4) is 0 Å². The van der Waals surface area contributed by atoms with Crippen LogP contribution in [0.5, 0.6) is 0 Å². The standard InChI is InChI=1S/C19H26N2S2/c1-2-3-9-18-14-22-19(23-18,15-21-13-12-20-16-21)11-10-17-7-5-4-6-8-17/h4-8,12-13,16,18H,2-3,9-11,14-15H2,1H3. The van der Waals surface area contributed by atoms with Gasteiger partial charge in [-0.25, -0.2) is 4.98 Å². The highest BCUT2D eigenvalue weighted by Crippen LogP contribution is 2.53. The van der Waals surface area contributed by atoms with Crippen molar-refractivity contribution in [2.45, 2.75) is 54.9 Å². The smallest absolute Gasteiger partial charge is 0.0946 e. The van der Waals surface area contributed by atoms with Crippen molar-refractivity contribution in [2.75, 3.05) is 5.75 Å². The number of hydrogen-bond donors (Lipinski definition) is 0. The average molecular weight is 347 g/mol. The van der Waals surface area contributed by atoms with Crippen LogP contribution in [0.15, 0.2) is 49.1 Å². The Bertz CT molecular complexity index is 570. The largest absolute Gasteiger partial charge is 0.335 e. The van der Waals surface area contributed by atoms with E-state index in [0.29, 0.717) is 4.08 Å². The molecule has 1 aromatic carbocycles. The van der Waals surface area contributed by atoms with E-state index in [-0.39, 0.29) is 0 Å². The molecule has 0 spiro atoms. The Labute approximate surface area is 148 Å². The summed E-state index contributed by atoms with van der Waals surface area (Å²) in [6.07, 6.45) is 12.4. The average Bonchev–Trinajstić information content (AvgIpc) is 3.23. The van der Waals surface area contributed by atoms with Crippen molar-refractivity contribution >= 4 is 23.5 Å². The summed E-state index contributed by atoms with van der Waals surface area (Å²) < 4.78 is 2.56. The molecule has 0 saturated carbocycles. The summed E-state index contributed by atoms with van der Waals surface area (Å²) in [5, 5.41) is 0.819. The number of aromatic nitrogens is 2. The second-order valence-electron chi connectivity index (χ2n) is 6.32. The van der Waals surface area contributed by atoms with Crippen molar-refractivity contribution in [2.24, 2.45) is 0 Å². The van der Waals surface area contributed by atoms with Crippen LogP contribution in [0.1, 0.15) is 38.2 Å². The first-order chi connectivity index (χ1) is 11.3. The van der Waals surface area contributed by atoms with E-state index in [0.717, 1.165) is 18.2 Å². The molecule has 2 unspecified atom stereocenters. The molecule has 124 valence electrons. The molecule has 0 N–H and O–H groups in total. The summed E-state index contributed by atoms with van der Waals surface area (Å²) in [7, 11) is 0. The van der Waals surface area contributed by atoms with Gasteiger partial charge in [-0.05, 0) is 24.8 Å². The minimum atomic E-state index is 0.301. The summed E-state index contributed by atoms with van der Waals surface area (Å²) >= 11 is 4.41. The topological polar surface area (TPSA) is 17.8 Å². The zero-order valence-electron chi connectivity index (χ0n) is 13.9. The van der Waals surface area contributed by atoms with Gasteiger partial charge in [-0.3, -0.25) is 0 Å². The second-order valence-corrected chi connectivity index (χ2v) is 9.67. The van der Waals surface area contributed by atoms with Gasteiger partial charge in [0.2, 0.25) is 0 Å². The summed E-state index contributed by atoms with van der Waals surface area (Å²) in [6.45, 7) is 3.36. The maximum Gasteiger partial charge on any atom is 0.0946 e. The summed E-state index contributed by atoms with van der Waals surface area (Å²) in [4.78, 5) is 4.23. The zero-order chi connectivity index (χ0) is 16.0. The van der Waals surface area contributed by atoms with Gasteiger partial charge in [0.15, 0.2) is 0 Å². The van der Waals surface area contributed by atoms with Crippen LogP contribution in [0.3, 0.4) is 0 Å². The second kappa shape index (κ2) is 8.29. The number of hydrogen-bond acceptors (Lipinski definition) is 3. The fraction of sp³-hybridized carbons (Fsp3) is 0.526. The van der Waals surface area contributed by atoms with E-state index in [2.05, 4.69) is 76.5 Å². The van der Waals surface area contributed by atoms with Crippen molar-refractivity contribution in [1.82, 2.24) is 9.55 Å². The van der Waals surface area contributed by atoms with Crippen molar-refractivity contribution in [3.63, 3.8) is 0 Å². The Kier molecular flexibility index (Phi) is 6.12. The first-order valence-electron chi connectivity index (χ1n) is 8.61. The van der Waals surface area contributed by atoms with Gasteiger partial charge in [-0.2, -0.15) is 0 Å². The monoisotopic (exact) mass is 346 g/mol. The van der Waals surface area contributed by atoms with E-state index in [9.17, 15) is 0 Å². The Balaban J connectivity index is 1.66. The number of nitrogens with zero attached hydrogens (tertiary/aromatic N) is 2. The van der Waals surface area contributed by atoms with E-state index in [4.69, 9.17) is 0 Å². The molecule has 1 aromatic heterocycles. The summed E-state index contributed by atoms with van der Waals surface area (Å²) in [5.74, 6) is 1.30. The third-order valence-electron chi connectivity index (χ3n) is 4.41. The number of thioether (sulfide) groups is 2. The molecule has 2 atom stereocenters. The Hall–Kier alpha value is -0.870. The van der Waals surface area contributed by atoms with Gasteiger partial charge in [0.25, 0.3) is 0 Å². The van der Waals surface area contributed by atoms with Crippen LogP contribution >= 0.6 is 23.5 Å². The fourth-order valence-corrected chi connectivity index (χ4v) is 6.96. The van der Waals surface area contributed by atoms with Gasteiger partial charge in [0, 0.05) is 29.9 Å². The van der Waals surface area contributed by atoms with Gasteiger partial charge in [0.05, 0.1) is 10.4 Å². The lowest BCUT2D eigenvalue weighted by molar-refractivity contribution is 0.591. The van der Waals surface area contributed by atoms with Crippen LogP contribution < -0.4 is 0 Å². The van der Waals surface area contributed by atoms with Crippen LogP contribution in [0, 0.1) is 0 Å². The lowest BCUT2D eigenvalue weighted by Gasteiger charge is -2.28. The van der Waals surface area contributed by atoms with Crippen LogP contribution in [0.2, 0.25) is 0 Å². The van der Waals surface area contributed by atoms with Crippen LogP contribution in [-0.4, -0.2) is 24.6 Å². The summed E-state index contributed by atoms with van der Waals surface area (Å²) in [6, 6.07) is 10.9. The molecular formula is C19H26N2S2. The molecule has 1 fully saturated rings. The number of rotatable bonds is 8. The number of aryl methyl sites for hydroxylation is 1. The highest BCUT2D eigenvalue weighted by Gasteiger charge is 2.40. The van der Waals surface area contributed by atoms with Gasteiger partial charge in [-0.15, -0.1) is 23.5 Å². The molecule has 3 rings (SSSR count). The number of benzene rings is 1. The first kappa shape index (κ1) is 17.0. The van der Waals surface area contributed by atoms with Gasteiger partial charge in [-0.1, -0.05) is 50.1 Å². The molecule has 1 aliphatic rings. The normalized spacial score (nSPS) is 24.1. The lowest BCUT2D eigenvalue weighted by Crippen LogP contribution is -2.25. The highest BCUT2D eigenvalue weighted by atomic mass is 32.2. The van der Waals surface area contributed by atoms with Gasteiger partial charge in [0.1, 0.15) is 0 Å². The van der Waals surface area contributed by atoms with Gasteiger partial charge < -0.3 is 4.57 Å². The molecule has 4 heteroatoms. The van der Waals surface area contributed by atoms with E-state index in [1.165, 1.54) is 37.0 Å². The fourth-order valence-electron chi connectivity index (χ4n) is 3.12. The molecule has 1 saturated heterocycles. The van der Waals surface area contributed by atoms with Crippen LogP contribution in [-0.2, 0) is 13.0 Å². The van der Waals surface area contributed by atoms with Crippen LogP contribution in [0.4, 0.5) is 0 Å². The Morgan fingerprint density at radius 3 is 2.91 bits per heavy atom. The lowest BCUT2D eigenvalue weighted by atomic mass is 10.1. The molecule has 2 aromatic rings. The molecule has 2 heterocycles. The predicted molar refractivity (Wildman–Crippen MR) is 103 cm³/mol. The quantitative estimate of drug-likeness (QED) is 0.650. The molecule has 23 heavy (non-hydrogen) atoms. The van der Waals surface area contributed by atoms with Crippen molar-refractivity contribution in [3.05, 3.63) is 54.6 Å². The molecule has 0 amide bonds. The predicted octanol–water partition coefficient (Wildman–Crippen LogP) is 5.25. The van der Waals surface area contributed by atoms with E-state index in [1.54, 1.807) is 0 Å². The summed E-state index contributed by atoms with van der Waals surface area (Å²) in [5.41, 5.74) is 1.45. The SMILES string of the molecule is CCCCC1CSC(CCc2ccccc2)(Cn2ccnc2)S1.